The molecule has 1 aromatic carbocycles. The van der Waals surface area contributed by atoms with E-state index >= 15 is 0 Å². The van der Waals surface area contributed by atoms with Crippen LogP contribution in [0.15, 0.2) is 42.7 Å². The predicted molar refractivity (Wildman–Crippen MR) is 99.4 cm³/mol. The van der Waals surface area contributed by atoms with Crippen molar-refractivity contribution < 1.29 is 0 Å². The van der Waals surface area contributed by atoms with Gasteiger partial charge in [-0.3, -0.25) is 4.90 Å². The second-order valence-electron chi connectivity index (χ2n) is 7.17. The lowest BCUT2D eigenvalue weighted by Gasteiger charge is -2.33. The normalized spacial score (nSPS) is 20.2. The second-order valence-corrected chi connectivity index (χ2v) is 7.17. The summed E-state index contributed by atoms with van der Waals surface area (Å²) in [5.74, 6) is 1.19. The van der Waals surface area contributed by atoms with Crippen molar-refractivity contribution in [3.63, 3.8) is 0 Å². The van der Waals surface area contributed by atoms with Gasteiger partial charge in [0.25, 0.3) is 0 Å². The van der Waals surface area contributed by atoms with E-state index in [4.69, 9.17) is 0 Å². The molecule has 2 saturated heterocycles. The molecule has 0 unspecified atom stereocenters. The van der Waals surface area contributed by atoms with E-state index in [9.17, 15) is 0 Å². The Balaban J connectivity index is 0.00000169. The van der Waals surface area contributed by atoms with Crippen molar-refractivity contribution in [2.75, 3.05) is 26.2 Å². The maximum absolute atomic E-state index is 4.62. The van der Waals surface area contributed by atoms with Crippen molar-refractivity contribution in [3.8, 4) is 0 Å². The van der Waals surface area contributed by atoms with Gasteiger partial charge in [0.2, 0.25) is 0 Å². The van der Waals surface area contributed by atoms with Gasteiger partial charge in [-0.05, 0) is 49.9 Å². The number of hydrogen-bond donors (Lipinski definition) is 1. The number of hydrogen-bond acceptors (Lipinski definition) is 3. The van der Waals surface area contributed by atoms with E-state index < -0.39 is 0 Å². The molecule has 2 aliphatic rings. The molecular formula is C19H27ClN4. The van der Waals surface area contributed by atoms with Gasteiger partial charge in [0.05, 0.1) is 6.54 Å². The Morgan fingerprint density at radius 1 is 1.04 bits per heavy atom. The van der Waals surface area contributed by atoms with E-state index in [2.05, 4.69) is 56.3 Å². The standard InChI is InChI=1S/C19H26N4.ClH/c1-2-4-17(5-3-1)14-23-13-11-21-18(23)15-22-12-8-19(16-22)6-9-20-10-7-19;/h1-5,11,13,20H,6-10,12,14-16H2;1H. The summed E-state index contributed by atoms with van der Waals surface area (Å²) in [7, 11) is 0. The Morgan fingerprint density at radius 2 is 1.83 bits per heavy atom. The number of piperidine rings is 1. The van der Waals surface area contributed by atoms with Gasteiger partial charge in [0.15, 0.2) is 0 Å². The van der Waals surface area contributed by atoms with Gasteiger partial charge in [-0.15, -0.1) is 12.4 Å². The van der Waals surface area contributed by atoms with Crippen molar-refractivity contribution in [3.05, 3.63) is 54.1 Å². The minimum atomic E-state index is 0. The fourth-order valence-electron chi connectivity index (χ4n) is 4.14. The topological polar surface area (TPSA) is 33.1 Å². The summed E-state index contributed by atoms with van der Waals surface area (Å²) in [5.41, 5.74) is 1.91. The largest absolute Gasteiger partial charge is 0.329 e. The third kappa shape index (κ3) is 3.82. The summed E-state index contributed by atoms with van der Waals surface area (Å²) in [4.78, 5) is 7.22. The van der Waals surface area contributed by atoms with Crippen LogP contribution in [0.4, 0.5) is 0 Å². The minimum Gasteiger partial charge on any atom is -0.329 e. The lowest BCUT2D eigenvalue weighted by molar-refractivity contribution is 0.191. The molecule has 3 heterocycles. The predicted octanol–water partition coefficient (Wildman–Crippen LogP) is 2.93. The third-order valence-electron chi connectivity index (χ3n) is 5.54. The summed E-state index contributed by atoms with van der Waals surface area (Å²) in [6.07, 6.45) is 8.07. The van der Waals surface area contributed by atoms with Gasteiger partial charge in [0, 0.05) is 25.5 Å². The van der Waals surface area contributed by atoms with Crippen molar-refractivity contribution in [2.24, 2.45) is 5.41 Å². The highest BCUT2D eigenvalue weighted by atomic mass is 35.5. The molecule has 1 spiro atoms. The molecule has 5 heteroatoms. The van der Waals surface area contributed by atoms with Crippen LogP contribution < -0.4 is 5.32 Å². The number of likely N-dealkylation sites (tertiary alicyclic amines) is 1. The van der Waals surface area contributed by atoms with E-state index in [-0.39, 0.29) is 12.4 Å². The first-order valence-electron chi connectivity index (χ1n) is 8.80. The number of aromatic nitrogens is 2. The van der Waals surface area contributed by atoms with E-state index in [0.717, 1.165) is 13.1 Å². The Labute approximate surface area is 150 Å². The Morgan fingerprint density at radius 3 is 2.62 bits per heavy atom. The van der Waals surface area contributed by atoms with Gasteiger partial charge in [-0.1, -0.05) is 30.3 Å². The molecule has 1 N–H and O–H groups in total. The molecule has 130 valence electrons. The first kappa shape index (κ1) is 17.5. The second kappa shape index (κ2) is 7.68. The number of halogens is 1. The third-order valence-corrected chi connectivity index (χ3v) is 5.54. The summed E-state index contributed by atoms with van der Waals surface area (Å²) in [6.45, 7) is 6.74. The fraction of sp³-hybridized carbons (Fsp3) is 0.526. The summed E-state index contributed by atoms with van der Waals surface area (Å²) in [6, 6.07) is 10.6. The lowest BCUT2D eigenvalue weighted by Crippen LogP contribution is -2.38. The molecule has 1 aromatic heterocycles. The monoisotopic (exact) mass is 346 g/mol. The SMILES string of the molecule is Cl.c1ccc(Cn2ccnc2CN2CCC3(CCNCC3)C2)cc1. The van der Waals surface area contributed by atoms with Gasteiger partial charge < -0.3 is 9.88 Å². The molecule has 24 heavy (non-hydrogen) atoms. The van der Waals surface area contributed by atoms with Crippen molar-refractivity contribution in [2.45, 2.75) is 32.4 Å². The highest BCUT2D eigenvalue weighted by molar-refractivity contribution is 5.85. The van der Waals surface area contributed by atoms with Crippen molar-refractivity contribution in [1.29, 1.82) is 0 Å². The summed E-state index contributed by atoms with van der Waals surface area (Å²) in [5, 5.41) is 3.50. The Kier molecular flexibility index (Phi) is 5.59. The van der Waals surface area contributed by atoms with Gasteiger partial charge in [-0.25, -0.2) is 4.98 Å². The zero-order chi connectivity index (χ0) is 15.5. The zero-order valence-corrected chi connectivity index (χ0v) is 15.0. The number of imidazole rings is 1. The number of rotatable bonds is 4. The molecule has 0 amide bonds. The van der Waals surface area contributed by atoms with Crippen molar-refractivity contribution in [1.82, 2.24) is 19.8 Å². The highest BCUT2D eigenvalue weighted by Crippen LogP contribution is 2.38. The van der Waals surface area contributed by atoms with Crippen LogP contribution in [0.5, 0.6) is 0 Å². The lowest BCUT2D eigenvalue weighted by atomic mass is 9.78. The van der Waals surface area contributed by atoms with Gasteiger partial charge in [0.1, 0.15) is 5.82 Å². The van der Waals surface area contributed by atoms with Crippen LogP contribution in [0.3, 0.4) is 0 Å². The first-order valence-corrected chi connectivity index (χ1v) is 8.80. The molecule has 2 fully saturated rings. The molecule has 0 atom stereocenters. The molecule has 2 aromatic rings. The van der Waals surface area contributed by atoms with Crippen LogP contribution in [0, 0.1) is 5.41 Å². The van der Waals surface area contributed by atoms with Crippen molar-refractivity contribution >= 4 is 12.4 Å². The Bertz CT molecular complexity index is 634. The number of benzene rings is 1. The number of nitrogens with one attached hydrogen (secondary N) is 1. The molecule has 0 radical (unpaired) electrons. The Hall–Kier alpha value is -1.36. The summed E-state index contributed by atoms with van der Waals surface area (Å²) >= 11 is 0. The molecular weight excluding hydrogens is 320 g/mol. The number of nitrogens with zero attached hydrogens (tertiary/aromatic N) is 3. The first-order chi connectivity index (χ1) is 11.3. The smallest absolute Gasteiger partial charge is 0.123 e. The maximum Gasteiger partial charge on any atom is 0.123 e. The summed E-state index contributed by atoms with van der Waals surface area (Å²) < 4.78 is 2.29. The quantitative estimate of drug-likeness (QED) is 0.924. The molecule has 4 rings (SSSR count). The van der Waals surface area contributed by atoms with E-state index in [1.807, 2.05) is 6.20 Å². The van der Waals surface area contributed by atoms with E-state index in [1.54, 1.807) is 0 Å². The average molecular weight is 347 g/mol. The zero-order valence-electron chi connectivity index (χ0n) is 14.2. The van der Waals surface area contributed by atoms with E-state index in [1.165, 1.54) is 56.8 Å². The fourth-order valence-corrected chi connectivity index (χ4v) is 4.14. The minimum absolute atomic E-state index is 0. The van der Waals surface area contributed by atoms with Gasteiger partial charge >= 0.3 is 0 Å². The van der Waals surface area contributed by atoms with Crippen LogP contribution in [-0.2, 0) is 13.1 Å². The molecule has 0 saturated carbocycles. The molecule has 2 aliphatic heterocycles. The average Bonchev–Trinajstić information content (AvgIpc) is 3.17. The van der Waals surface area contributed by atoms with E-state index in [0.29, 0.717) is 5.41 Å². The molecule has 4 nitrogen and oxygen atoms in total. The molecule has 0 aliphatic carbocycles. The van der Waals surface area contributed by atoms with Gasteiger partial charge in [-0.2, -0.15) is 0 Å². The molecule has 0 bridgehead atoms. The van der Waals surface area contributed by atoms with Crippen LogP contribution in [0.2, 0.25) is 0 Å². The van der Waals surface area contributed by atoms with Crippen LogP contribution in [0.1, 0.15) is 30.7 Å². The van der Waals surface area contributed by atoms with Crippen LogP contribution in [-0.4, -0.2) is 40.6 Å². The maximum atomic E-state index is 4.62. The van der Waals surface area contributed by atoms with Crippen LogP contribution in [0.25, 0.3) is 0 Å². The highest BCUT2D eigenvalue weighted by Gasteiger charge is 2.38. The van der Waals surface area contributed by atoms with Crippen LogP contribution >= 0.6 is 12.4 Å².